The maximum atomic E-state index is 13.6. The molecule has 1 aromatic carbocycles. The highest BCUT2D eigenvalue weighted by molar-refractivity contribution is 5.85. The number of alkyl halides is 5. The minimum absolute atomic E-state index is 0. The number of halogens is 7. The van der Waals surface area contributed by atoms with Gasteiger partial charge < -0.3 is 15.2 Å². The second-order valence-electron chi connectivity index (χ2n) is 3.83. The number of hydrogen-bond donors (Lipinski definition) is 1. The van der Waals surface area contributed by atoms with Crippen LogP contribution in [0.15, 0.2) is 12.1 Å². The molecule has 2 N–H and O–H groups in total. The Hall–Kier alpha value is -1.35. The molecule has 0 aromatic heterocycles. The summed E-state index contributed by atoms with van der Waals surface area (Å²) in [6.07, 6.45) is -5.90. The van der Waals surface area contributed by atoms with Crippen LogP contribution in [0.5, 0.6) is 11.5 Å². The fourth-order valence-corrected chi connectivity index (χ4v) is 1.48. The van der Waals surface area contributed by atoms with E-state index in [1.165, 1.54) is 0 Å². The standard InChI is InChI=1S/C11H11F6NO2.ClH/c1-19-7-3-5(6(12)4-8(7)20-2)9(18)10(13,14)11(15,16)17;/h3-4,9H,18H2,1-2H3;1H/t9-;/m1./s1. The average molecular weight is 340 g/mol. The highest BCUT2D eigenvalue weighted by Gasteiger charge is 2.62. The number of ether oxygens (including phenoxy) is 2. The van der Waals surface area contributed by atoms with Gasteiger partial charge in [-0.2, -0.15) is 22.0 Å². The summed E-state index contributed by atoms with van der Waals surface area (Å²) >= 11 is 0. The Labute approximate surface area is 122 Å². The van der Waals surface area contributed by atoms with Crippen molar-refractivity contribution < 1.29 is 35.8 Å². The maximum Gasteiger partial charge on any atom is 0.455 e. The number of benzene rings is 1. The molecule has 21 heavy (non-hydrogen) atoms. The summed E-state index contributed by atoms with van der Waals surface area (Å²) in [5.41, 5.74) is 3.85. The van der Waals surface area contributed by atoms with E-state index in [0.29, 0.717) is 12.1 Å². The Morgan fingerprint density at radius 3 is 1.81 bits per heavy atom. The van der Waals surface area contributed by atoms with Crippen LogP contribution in [-0.4, -0.2) is 26.3 Å². The van der Waals surface area contributed by atoms with Gasteiger partial charge in [0.1, 0.15) is 11.9 Å². The van der Waals surface area contributed by atoms with Crippen LogP contribution >= 0.6 is 12.4 Å². The lowest BCUT2D eigenvalue weighted by Crippen LogP contribution is -2.46. The van der Waals surface area contributed by atoms with Gasteiger partial charge in [-0.1, -0.05) is 0 Å². The average Bonchev–Trinajstić information content (AvgIpc) is 2.36. The van der Waals surface area contributed by atoms with Crippen molar-refractivity contribution in [3.8, 4) is 11.5 Å². The van der Waals surface area contributed by atoms with Crippen LogP contribution in [0, 0.1) is 5.82 Å². The first-order valence-electron chi connectivity index (χ1n) is 5.17. The lowest BCUT2D eigenvalue weighted by atomic mass is 9.99. The second-order valence-corrected chi connectivity index (χ2v) is 3.83. The molecule has 0 aliphatic carbocycles. The van der Waals surface area contributed by atoms with Crippen LogP contribution in [0.25, 0.3) is 0 Å². The fraction of sp³-hybridized carbons (Fsp3) is 0.455. The fourth-order valence-electron chi connectivity index (χ4n) is 1.48. The summed E-state index contributed by atoms with van der Waals surface area (Å²) in [5, 5.41) is 0. The summed E-state index contributed by atoms with van der Waals surface area (Å²) < 4.78 is 85.9. The topological polar surface area (TPSA) is 44.5 Å². The summed E-state index contributed by atoms with van der Waals surface area (Å²) in [6.45, 7) is 0. The Kier molecular flexibility index (Phi) is 6.18. The Bertz CT molecular complexity index is 494. The van der Waals surface area contributed by atoms with Gasteiger partial charge in [-0.25, -0.2) is 4.39 Å². The van der Waals surface area contributed by atoms with E-state index >= 15 is 0 Å². The smallest absolute Gasteiger partial charge is 0.455 e. The maximum absolute atomic E-state index is 13.6. The van der Waals surface area contributed by atoms with Crippen molar-refractivity contribution in [1.29, 1.82) is 0 Å². The number of nitrogens with two attached hydrogens (primary N) is 1. The SMILES string of the molecule is COc1cc(F)c([C@@H](N)C(F)(F)C(F)(F)F)cc1OC.Cl. The molecule has 1 atom stereocenters. The molecule has 0 heterocycles. The van der Waals surface area contributed by atoms with Crippen molar-refractivity contribution in [3.05, 3.63) is 23.5 Å². The van der Waals surface area contributed by atoms with Crippen molar-refractivity contribution in [2.75, 3.05) is 14.2 Å². The van der Waals surface area contributed by atoms with Gasteiger partial charge in [0, 0.05) is 11.6 Å². The van der Waals surface area contributed by atoms with Crippen LogP contribution in [0.1, 0.15) is 11.6 Å². The zero-order chi connectivity index (χ0) is 15.7. The summed E-state index contributed by atoms with van der Waals surface area (Å²) in [5.74, 6) is -7.00. The Balaban J connectivity index is 0.00000400. The Morgan fingerprint density at radius 2 is 1.43 bits per heavy atom. The number of rotatable bonds is 4. The minimum Gasteiger partial charge on any atom is -0.493 e. The van der Waals surface area contributed by atoms with E-state index in [1.807, 2.05) is 0 Å². The van der Waals surface area contributed by atoms with E-state index in [-0.39, 0.29) is 23.9 Å². The van der Waals surface area contributed by atoms with Gasteiger partial charge in [0.05, 0.1) is 14.2 Å². The highest BCUT2D eigenvalue weighted by atomic mass is 35.5. The number of hydrogen-bond acceptors (Lipinski definition) is 3. The van der Waals surface area contributed by atoms with E-state index in [2.05, 4.69) is 4.74 Å². The molecule has 0 radical (unpaired) electrons. The lowest BCUT2D eigenvalue weighted by Gasteiger charge is -2.26. The highest BCUT2D eigenvalue weighted by Crippen LogP contribution is 2.45. The molecule has 0 bridgehead atoms. The molecule has 10 heteroatoms. The molecule has 0 amide bonds. The second kappa shape index (κ2) is 6.61. The first-order chi connectivity index (χ1) is 9.06. The van der Waals surface area contributed by atoms with Gasteiger partial charge in [0.15, 0.2) is 11.5 Å². The molecule has 0 unspecified atom stereocenters. The zero-order valence-corrected chi connectivity index (χ0v) is 11.6. The molecule has 122 valence electrons. The van der Waals surface area contributed by atoms with Crippen molar-refractivity contribution >= 4 is 12.4 Å². The zero-order valence-electron chi connectivity index (χ0n) is 10.8. The predicted molar refractivity (Wildman–Crippen MR) is 64.7 cm³/mol. The predicted octanol–water partition coefficient (Wildman–Crippen LogP) is 3.46. The van der Waals surface area contributed by atoms with Crippen LogP contribution in [-0.2, 0) is 0 Å². The van der Waals surface area contributed by atoms with Gasteiger partial charge in [-0.05, 0) is 6.07 Å². The van der Waals surface area contributed by atoms with Crippen molar-refractivity contribution in [2.24, 2.45) is 5.73 Å². The summed E-state index contributed by atoms with van der Waals surface area (Å²) in [6, 6.07) is -1.62. The van der Waals surface area contributed by atoms with E-state index in [9.17, 15) is 26.3 Å². The largest absolute Gasteiger partial charge is 0.493 e. The molecular weight excluding hydrogens is 328 g/mol. The van der Waals surface area contributed by atoms with E-state index in [1.54, 1.807) is 0 Å². The van der Waals surface area contributed by atoms with Crippen molar-refractivity contribution in [2.45, 2.75) is 18.1 Å². The van der Waals surface area contributed by atoms with Gasteiger partial charge in [0.2, 0.25) is 0 Å². The molecule has 0 aliphatic rings. The first kappa shape index (κ1) is 19.7. The van der Waals surface area contributed by atoms with Crippen LogP contribution < -0.4 is 15.2 Å². The monoisotopic (exact) mass is 339 g/mol. The van der Waals surface area contributed by atoms with Crippen molar-refractivity contribution in [1.82, 2.24) is 0 Å². The third kappa shape index (κ3) is 3.65. The van der Waals surface area contributed by atoms with Gasteiger partial charge >= 0.3 is 12.1 Å². The third-order valence-electron chi connectivity index (χ3n) is 2.61. The molecule has 1 aromatic rings. The van der Waals surface area contributed by atoms with E-state index < -0.39 is 29.5 Å². The molecule has 0 saturated heterocycles. The summed E-state index contributed by atoms with van der Waals surface area (Å²) in [7, 11) is 2.27. The quantitative estimate of drug-likeness (QED) is 0.854. The molecule has 0 saturated carbocycles. The lowest BCUT2D eigenvalue weighted by molar-refractivity contribution is -0.291. The van der Waals surface area contributed by atoms with Gasteiger partial charge in [-0.15, -0.1) is 12.4 Å². The normalized spacial score (nSPS) is 13.4. The van der Waals surface area contributed by atoms with Crippen molar-refractivity contribution in [3.63, 3.8) is 0 Å². The minimum atomic E-state index is -5.90. The third-order valence-corrected chi connectivity index (χ3v) is 2.61. The Morgan fingerprint density at radius 1 is 1.00 bits per heavy atom. The number of methoxy groups -OCH3 is 2. The van der Waals surface area contributed by atoms with Gasteiger partial charge in [-0.3, -0.25) is 0 Å². The van der Waals surface area contributed by atoms with Crippen LogP contribution in [0.2, 0.25) is 0 Å². The first-order valence-corrected chi connectivity index (χ1v) is 5.17. The van der Waals surface area contributed by atoms with Gasteiger partial charge in [0.25, 0.3) is 0 Å². The molecular formula is C11H12ClF6NO2. The molecule has 0 fully saturated rings. The van der Waals surface area contributed by atoms with Crippen LogP contribution in [0.3, 0.4) is 0 Å². The van der Waals surface area contributed by atoms with E-state index in [4.69, 9.17) is 10.5 Å². The summed E-state index contributed by atoms with van der Waals surface area (Å²) in [4.78, 5) is 0. The molecule has 0 spiro atoms. The molecule has 0 aliphatic heterocycles. The molecule has 1 rings (SSSR count). The van der Waals surface area contributed by atoms with Crippen LogP contribution in [0.4, 0.5) is 26.3 Å². The molecule has 3 nitrogen and oxygen atoms in total. The van der Waals surface area contributed by atoms with E-state index in [0.717, 1.165) is 14.2 Å².